The first kappa shape index (κ1) is 23.9. The second-order valence-electron chi connectivity index (χ2n) is 5.47. The van der Waals surface area contributed by atoms with Crippen molar-refractivity contribution in [3.63, 3.8) is 0 Å². The van der Waals surface area contributed by atoms with Crippen LogP contribution in [0.15, 0.2) is 12.1 Å². The summed E-state index contributed by atoms with van der Waals surface area (Å²) in [5.41, 5.74) is -0.0881. The summed E-state index contributed by atoms with van der Waals surface area (Å²) in [6.45, 7) is -0.803. The van der Waals surface area contributed by atoms with Crippen molar-refractivity contribution in [1.82, 2.24) is 0 Å². The van der Waals surface area contributed by atoms with Crippen LogP contribution in [0.2, 0.25) is 0 Å². The second-order valence-corrected chi connectivity index (χ2v) is 6.39. The summed E-state index contributed by atoms with van der Waals surface area (Å²) in [4.78, 5) is 12.1. The lowest BCUT2D eigenvalue weighted by Crippen LogP contribution is -2.22. The Bertz CT molecular complexity index is 601. The molecule has 0 fully saturated rings. The predicted octanol–water partition coefficient (Wildman–Crippen LogP) is 1.11. The van der Waals surface area contributed by atoms with E-state index >= 15 is 0 Å². The van der Waals surface area contributed by atoms with Crippen LogP contribution in [0.5, 0.6) is 17.2 Å². The Balaban J connectivity index is 3.02. The second kappa shape index (κ2) is 12.3. The third-order valence-electron chi connectivity index (χ3n) is 3.06. The maximum Gasteiger partial charge on any atom is 0.338 e. The summed E-state index contributed by atoms with van der Waals surface area (Å²) in [6.07, 6.45) is -3.02. The van der Waals surface area contributed by atoms with Crippen molar-refractivity contribution in [3.8, 4) is 17.2 Å². The van der Waals surface area contributed by atoms with Gasteiger partial charge in [-0.25, -0.2) is 4.79 Å². The van der Waals surface area contributed by atoms with Crippen molar-refractivity contribution < 1.29 is 39.4 Å². The van der Waals surface area contributed by atoms with Gasteiger partial charge in [-0.2, -0.15) is 0 Å². The molecule has 0 heterocycles. The number of aliphatic hydroxyl groups excluding tert-OH is 3. The van der Waals surface area contributed by atoms with Crippen LogP contribution in [0.25, 0.3) is 0 Å². The number of ether oxygens (including phenoxy) is 3. The third kappa shape index (κ3) is 8.16. The fourth-order valence-electron chi connectivity index (χ4n) is 1.71. The van der Waals surface area contributed by atoms with E-state index < -0.39 is 30.0 Å². The zero-order valence-corrected chi connectivity index (χ0v) is 16.5. The number of aliphatic hydroxyl groups is 3. The molecule has 1 aromatic rings. The van der Waals surface area contributed by atoms with Gasteiger partial charge in [0.1, 0.15) is 38.1 Å². The van der Waals surface area contributed by atoms with E-state index in [1.54, 1.807) is 0 Å². The van der Waals surface area contributed by atoms with Crippen molar-refractivity contribution in [2.24, 2.45) is 0 Å². The third-order valence-corrected chi connectivity index (χ3v) is 4.13. The van der Waals surface area contributed by atoms with Gasteiger partial charge in [-0.1, -0.05) is 0 Å². The molecule has 1 aromatic carbocycles. The van der Waals surface area contributed by atoms with Gasteiger partial charge in [0.15, 0.2) is 11.5 Å². The van der Waals surface area contributed by atoms with Crippen LogP contribution in [-0.4, -0.2) is 82.2 Å². The van der Waals surface area contributed by atoms with E-state index in [0.29, 0.717) is 0 Å². The molecule has 0 radical (unpaired) electrons. The van der Waals surface area contributed by atoms with Gasteiger partial charge >= 0.3 is 5.97 Å². The smallest absolute Gasteiger partial charge is 0.338 e. The average Bonchev–Trinajstić information content (AvgIpc) is 2.68. The van der Waals surface area contributed by atoms with Crippen molar-refractivity contribution >= 4 is 40.8 Å². The predicted molar refractivity (Wildman–Crippen MR) is 99.6 cm³/mol. The van der Waals surface area contributed by atoms with Crippen LogP contribution in [0.1, 0.15) is 10.4 Å². The maximum absolute atomic E-state index is 12.1. The number of carbonyl (C=O) groups is 1. The molecule has 0 saturated heterocycles. The average molecular weight is 448 g/mol. The molecule has 4 N–H and O–H groups in total. The molecule has 27 heavy (non-hydrogen) atoms. The van der Waals surface area contributed by atoms with Crippen LogP contribution < -0.4 is 9.47 Å². The molecule has 1 rings (SSSR count). The summed E-state index contributed by atoms with van der Waals surface area (Å²) in [5, 5.41) is 38.5. The fraction of sp³-hybridized carbons (Fsp3) is 0.562. The molecule has 3 atom stereocenters. The Hall–Kier alpha value is -1.16. The molecule has 154 valence electrons. The van der Waals surface area contributed by atoms with Gasteiger partial charge in [-0.3, -0.25) is 0 Å². The van der Waals surface area contributed by atoms with E-state index in [1.165, 1.54) is 6.07 Å². The molecule has 0 saturated carbocycles. The molecule has 3 unspecified atom stereocenters. The van der Waals surface area contributed by atoms with Crippen LogP contribution in [0.4, 0.5) is 0 Å². The van der Waals surface area contributed by atoms with E-state index in [0.717, 1.165) is 6.07 Å². The highest BCUT2D eigenvalue weighted by atomic mass is 35.5. The number of benzene rings is 1. The summed E-state index contributed by atoms with van der Waals surface area (Å²) >= 11 is 16.4. The number of carbonyl (C=O) groups excluding carboxylic acids is 1. The van der Waals surface area contributed by atoms with E-state index in [9.17, 15) is 25.2 Å². The molecule has 0 bridgehead atoms. The van der Waals surface area contributed by atoms with Gasteiger partial charge in [-0.05, 0) is 12.1 Å². The summed E-state index contributed by atoms with van der Waals surface area (Å²) in [6, 6.07) is 2.29. The van der Waals surface area contributed by atoms with Gasteiger partial charge in [-0.15, -0.1) is 34.8 Å². The Morgan fingerprint density at radius 3 is 1.96 bits per heavy atom. The van der Waals surface area contributed by atoms with Gasteiger partial charge in [0, 0.05) is 0 Å². The zero-order chi connectivity index (χ0) is 20.4. The number of hydrogen-bond acceptors (Lipinski definition) is 8. The van der Waals surface area contributed by atoms with Crippen molar-refractivity contribution in [1.29, 1.82) is 0 Å². The van der Waals surface area contributed by atoms with Gasteiger partial charge in [0.05, 0.1) is 23.2 Å². The largest absolute Gasteiger partial charge is 0.504 e. The van der Waals surface area contributed by atoms with E-state index in [-0.39, 0.29) is 54.5 Å². The summed E-state index contributed by atoms with van der Waals surface area (Å²) in [7, 11) is 0. The standard InChI is InChI=1S/C16H21Cl3O8/c17-3-10(20)6-25-14-2-9(16(24)27-8-12(22)5-19)1-13(23)15(14)26-7-11(21)4-18/h1-2,10-12,20-23H,3-8H2. The molecule has 0 aliphatic carbocycles. The summed E-state index contributed by atoms with van der Waals surface area (Å²) in [5.74, 6) is -1.83. The van der Waals surface area contributed by atoms with Crippen molar-refractivity contribution in [3.05, 3.63) is 17.7 Å². The minimum atomic E-state index is -1.03. The monoisotopic (exact) mass is 446 g/mol. The Morgan fingerprint density at radius 1 is 0.889 bits per heavy atom. The van der Waals surface area contributed by atoms with Crippen LogP contribution >= 0.6 is 34.8 Å². The van der Waals surface area contributed by atoms with Gasteiger partial charge in [0.25, 0.3) is 0 Å². The molecule has 0 aliphatic heterocycles. The van der Waals surface area contributed by atoms with Crippen LogP contribution in [-0.2, 0) is 4.74 Å². The first-order valence-electron chi connectivity index (χ1n) is 7.84. The number of rotatable bonds is 12. The normalized spacial score (nSPS) is 14.3. The zero-order valence-electron chi connectivity index (χ0n) is 14.2. The molecule has 0 aliphatic rings. The fourth-order valence-corrected chi connectivity index (χ4v) is 1.98. The van der Waals surface area contributed by atoms with Crippen molar-refractivity contribution in [2.75, 3.05) is 37.5 Å². The SMILES string of the molecule is O=C(OCC(O)CCl)c1cc(O)c(OCC(O)CCl)c(OCC(O)CCl)c1. The van der Waals surface area contributed by atoms with Gasteiger partial charge < -0.3 is 34.6 Å². The lowest BCUT2D eigenvalue weighted by Gasteiger charge is -2.18. The highest BCUT2D eigenvalue weighted by molar-refractivity contribution is 6.18. The maximum atomic E-state index is 12.1. The van der Waals surface area contributed by atoms with E-state index in [4.69, 9.17) is 49.0 Å². The molecule has 0 aromatic heterocycles. The number of aromatic hydroxyl groups is 1. The van der Waals surface area contributed by atoms with Crippen LogP contribution in [0, 0.1) is 0 Å². The molecular formula is C16H21Cl3O8. The highest BCUT2D eigenvalue weighted by Gasteiger charge is 2.20. The molecule has 11 heteroatoms. The molecular weight excluding hydrogens is 427 g/mol. The highest BCUT2D eigenvalue weighted by Crippen LogP contribution is 2.38. The minimum absolute atomic E-state index is 0.0780. The first-order valence-corrected chi connectivity index (χ1v) is 9.44. The molecule has 8 nitrogen and oxygen atoms in total. The Labute approximate surface area is 171 Å². The lowest BCUT2D eigenvalue weighted by atomic mass is 10.2. The number of phenols is 1. The number of hydrogen-bond donors (Lipinski definition) is 4. The van der Waals surface area contributed by atoms with Gasteiger partial charge in [0.2, 0.25) is 5.75 Å². The van der Waals surface area contributed by atoms with Crippen LogP contribution in [0.3, 0.4) is 0 Å². The summed E-state index contributed by atoms with van der Waals surface area (Å²) < 4.78 is 15.5. The Morgan fingerprint density at radius 2 is 1.41 bits per heavy atom. The van der Waals surface area contributed by atoms with Crippen molar-refractivity contribution in [2.45, 2.75) is 18.3 Å². The van der Waals surface area contributed by atoms with E-state index in [2.05, 4.69) is 0 Å². The quantitative estimate of drug-likeness (QED) is 0.277. The number of phenolic OH excluding ortho intramolecular Hbond substituents is 1. The lowest BCUT2D eigenvalue weighted by molar-refractivity contribution is 0.0302. The minimum Gasteiger partial charge on any atom is -0.504 e. The number of halogens is 3. The first-order chi connectivity index (χ1) is 12.8. The topological polar surface area (TPSA) is 126 Å². The number of alkyl halides is 3. The van der Waals surface area contributed by atoms with E-state index in [1.807, 2.05) is 0 Å². The Kier molecular flexibility index (Phi) is 10.9. The number of esters is 1. The molecule has 0 spiro atoms. The molecule has 0 amide bonds.